The molecule has 0 bridgehead atoms. The van der Waals surface area contributed by atoms with E-state index in [9.17, 15) is 14.4 Å². The highest BCUT2D eigenvalue weighted by Gasteiger charge is 2.20. The zero-order valence-corrected chi connectivity index (χ0v) is 16.0. The molecule has 150 valence electrons. The number of methoxy groups -OCH3 is 2. The molecular weight excluding hydrogens is 366 g/mol. The number of hydrogen-bond donors (Lipinski definition) is 3. The minimum atomic E-state index is -0.553. The number of hydrogen-bond acceptors (Lipinski definition) is 6. The van der Waals surface area contributed by atoms with E-state index < -0.39 is 11.8 Å². The summed E-state index contributed by atoms with van der Waals surface area (Å²) >= 11 is 0. The molecule has 1 aromatic carbocycles. The number of benzene rings is 1. The summed E-state index contributed by atoms with van der Waals surface area (Å²) in [4.78, 5) is 36.7. The van der Waals surface area contributed by atoms with Crippen molar-refractivity contribution in [1.29, 1.82) is 0 Å². The molecule has 0 radical (unpaired) electrons. The molecule has 1 aromatic heterocycles. The van der Waals surface area contributed by atoms with Crippen LogP contribution in [0, 0.1) is 0 Å². The Hall–Kier alpha value is -3.49. The predicted octanol–water partition coefficient (Wildman–Crippen LogP) is 1.81. The molecule has 0 saturated heterocycles. The Morgan fingerprint density at radius 3 is 2.36 bits per heavy atom. The molecular formula is C19H23N3O6. The van der Waals surface area contributed by atoms with Crippen molar-refractivity contribution in [3.63, 3.8) is 0 Å². The molecule has 9 nitrogen and oxygen atoms in total. The SMILES string of the molecule is CCCNC(=O)CNC(=O)c1cc(OC)c(OC)cc1NC(=O)c1ccco1. The molecule has 28 heavy (non-hydrogen) atoms. The second-order valence-corrected chi connectivity index (χ2v) is 5.72. The van der Waals surface area contributed by atoms with Gasteiger partial charge in [-0.1, -0.05) is 6.92 Å². The first-order valence-corrected chi connectivity index (χ1v) is 8.65. The number of anilines is 1. The summed E-state index contributed by atoms with van der Waals surface area (Å²) in [6, 6.07) is 5.96. The minimum Gasteiger partial charge on any atom is -0.493 e. The third-order valence-corrected chi connectivity index (χ3v) is 3.74. The van der Waals surface area contributed by atoms with Gasteiger partial charge in [0, 0.05) is 12.6 Å². The van der Waals surface area contributed by atoms with E-state index in [1.54, 1.807) is 6.07 Å². The lowest BCUT2D eigenvalue weighted by Gasteiger charge is -2.15. The van der Waals surface area contributed by atoms with E-state index in [-0.39, 0.29) is 29.5 Å². The van der Waals surface area contributed by atoms with Crippen LogP contribution in [-0.2, 0) is 4.79 Å². The van der Waals surface area contributed by atoms with Gasteiger partial charge in [-0.3, -0.25) is 14.4 Å². The van der Waals surface area contributed by atoms with Crippen LogP contribution in [0.4, 0.5) is 5.69 Å². The van der Waals surface area contributed by atoms with E-state index in [4.69, 9.17) is 13.9 Å². The van der Waals surface area contributed by atoms with Gasteiger partial charge in [-0.15, -0.1) is 0 Å². The van der Waals surface area contributed by atoms with Crippen molar-refractivity contribution in [3.05, 3.63) is 41.9 Å². The number of furan rings is 1. The van der Waals surface area contributed by atoms with E-state index in [0.717, 1.165) is 6.42 Å². The molecule has 3 amide bonds. The van der Waals surface area contributed by atoms with Gasteiger partial charge in [0.05, 0.1) is 38.3 Å². The number of carbonyl (C=O) groups is 3. The van der Waals surface area contributed by atoms with Crippen LogP contribution in [-0.4, -0.2) is 45.0 Å². The molecule has 0 aliphatic rings. The lowest BCUT2D eigenvalue weighted by molar-refractivity contribution is -0.120. The molecule has 0 atom stereocenters. The Balaban J connectivity index is 2.25. The summed E-state index contributed by atoms with van der Waals surface area (Å²) in [5.41, 5.74) is 0.298. The smallest absolute Gasteiger partial charge is 0.291 e. The lowest BCUT2D eigenvalue weighted by Crippen LogP contribution is -2.37. The van der Waals surface area contributed by atoms with E-state index in [2.05, 4.69) is 16.0 Å². The molecule has 0 spiro atoms. The summed E-state index contributed by atoms with van der Waals surface area (Å²) < 4.78 is 15.5. The fourth-order valence-corrected chi connectivity index (χ4v) is 2.34. The van der Waals surface area contributed by atoms with Gasteiger partial charge in [0.2, 0.25) is 5.91 Å². The number of carbonyl (C=O) groups excluding carboxylic acids is 3. The molecule has 1 heterocycles. The van der Waals surface area contributed by atoms with Gasteiger partial charge in [-0.05, 0) is 24.6 Å². The molecule has 9 heteroatoms. The second-order valence-electron chi connectivity index (χ2n) is 5.72. The van der Waals surface area contributed by atoms with Crippen molar-refractivity contribution in [1.82, 2.24) is 10.6 Å². The van der Waals surface area contributed by atoms with Crippen LogP contribution in [0.15, 0.2) is 34.9 Å². The zero-order chi connectivity index (χ0) is 20.5. The van der Waals surface area contributed by atoms with Crippen LogP contribution in [0.2, 0.25) is 0 Å². The van der Waals surface area contributed by atoms with E-state index in [1.807, 2.05) is 6.92 Å². The van der Waals surface area contributed by atoms with Gasteiger partial charge in [0.25, 0.3) is 11.8 Å². The lowest BCUT2D eigenvalue weighted by atomic mass is 10.1. The minimum absolute atomic E-state index is 0.0834. The molecule has 2 aromatic rings. The summed E-state index contributed by atoms with van der Waals surface area (Å²) in [6.45, 7) is 2.25. The monoisotopic (exact) mass is 389 g/mol. The van der Waals surface area contributed by atoms with Crippen molar-refractivity contribution in [2.45, 2.75) is 13.3 Å². The number of amides is 3. The van der Waals surface area contributed by atoms with E-state index in [1.165, 1.54) is 38.7 Å². The van der Waals surface area contributed by atoms with Crippen molar-refractivity contribution in [2.24, 2.45) is 0 Å². The Kier molecular flexibility index (Phi) is 7.44. The van der Waals surface area contributed by atoms with Crippen LogP contribution < -0.4 is 25.4 Å². The van der Waals surface area contributed by atoms with Gasteiger partial charge in [-0.25, -0.2) is 0 Å². The highest BCUT2D eigenvalue weighted by molar-refractivity contribution is 6.08. The van der Waals surface area contributed by atoms with Crippen LogP contribution in [0.25, 0.3) is 0 Å². The Labute approximate surface area is 162 Å². The first kappa shape index (κ1) is 20.8. The maximum Gasteiger partial charge on any atom is 0.291 e. The fourth-order valence-electron chi connectivity index (χ4n) is 2.34. The second kappa shape index (κ2) is 10.0. The van der Waals surface area contributed by atoms with Gasteiger partial charge >= 0.3 is 0 Å². The number of rotatable bonds is 9. The van der Waals surface area contributed by atoms with Gasteiger partial charge in [0.15, 0.2) is 17.3 Å². The van der Waals surface area contributed by atoms with Crippen molar-refractivity contribution < 1.29 is 28.3 Å². The quantitative estimate of drug-likeness (QED) is 0.602. The first-order chi connectivity index (χ1) is 13.5. The van der Waals surface area contributed by atoms with E-state index >= 15 is 0 Å². The molecule has 2 rings (SSSR count). The summed E-state index contributed by atoms with van der Waals surface area (Å²) in [6.07, 6.45) is 2.16. The predicted molar refractivity (Wildman–Crippen MR) is 102 cm³/mol. The maximum absolute atomic E-state index is 12.6. The van der Waals surface area contributed by atoms with E-state index in [0.29, 0.717) is 18.0 Å². The average molecular weight is 389 g/mol. The third kappa shape index (κ3) is 5.26. The van der Waals surface area contributed by atoms with Crippen LogP contribution in [0.3, 0.4) is 0 Å². The Morgan fingerprint density at radius 2 is 1.75 bits per heavy atom. The largest absolute Gasteiger partial charge is 0.493 e. The van der Waals surface area contributed by atoms with Crippen molar-refractivity contribution >= 4 is 23.4 Å². The normalized spacial score (nSPS) is 10.1. The van der Waals surface area contributed by atoms with Crippen molar-refractivity contribution in [2.75, 3.05) is 32.6 Å². The summed E-state index contributed by atoms with van der Waals surface area (Å²) in [7, 11) is 2.87. The molecule has 0 fully saturated rings. The van der Waals surface area contributed by atoms with Crippen LogP contribution >= 0.6 is 0 Å². The maximum atomic E-state index is 12.6. The molecule has 3 N–H and O–H groups in total. The van der Waals surface area contributed by atoms with Crippen molar-refractivity contribution in [3.8, 4) is 11.5 Å². The molecule has 0 saturated carbocycles. The van der Waals surface area contributed by atoms with Gasteiger partial charge in [-0.2, -0.15) is 0 Å². The highest BCUT2D eigenvalue weighted by atomic mass is 16.5. The molecule has 0 unspecified atom stereocenters. The Bertz CT molecular complexity index is 832. The molecule has 0 aliphatic carbocycles. The number of ether oxygens (including phenoxy) is 2. The standard InChI is InChI=1S/C19H23N3O6/c1-4-7-20-17(23)11-21-18(24)12-9-15(26-2)16(27-3)10-13(12)22-19(25)14-6-5-8-28-14/h5-6,8-10H,4,7,11H2,1-3H3,(H,20,23)(H,21,24)(H,22,25). The zero-order valence-electron chi connectivity index (χ0n) is 16.0. The summed E-state index contributed by atoms with van der Waals surface area (Å²) in [5.74, 6) is -0.681. The van der Waals surface area contributed by atoms with Gasteiger partial charge in [0.1, 0.15) is 0 Å². The van der Waals surface area contributed by atoms with Crippen LogP contribution in [0.5, 0.6) is 11.5 Å². The Morgan fingerprint density at radius 1 is 1.04 bits per heavy atom. The summed E-state index contributed by atoms with van der Waals surface area (Å²) in [5, 5.41) is 7.80. The van der Waals surface area contributed by atoms with Crippen LogP contribution in [0.1, 0.15) is 34.3 Å². The third-order valence-electron chi connectivity index (χ3n) is 3.74. The topological polar surface area (TPSA) is 119 Å². The highest BCUT2D eigenvalue weighted by Crippen LogP contribution is 2.33. The van der Waals surface area contributed by atoms with Gasteiger partial charge < -0.3 is 29.8 Å². The number of nitrogens with one attached hydrogen (secondary N) is 3. The molecule has 0 aliphatic heterocycles. The average Bonchev–Trinajstić information content (AvgIpc) is 3.25. The fraction of sp³-hybridized carbons (Fsp3) is 0.316. The first-order valence-electron chi connectivity index (χ1n) is 8.65.